The molecule has 0 unspecified atom stereocenters. The number of hydrogen-bond acceptors (Lipinski definition) is 1. The predicted molar refractivity (Wildman–Crippen MR) is 44.7 cm³/mol. The molecular formula is C10H10F2O. The van der Waals surface area contributed by atoms with Crippen LogP contribution >= 0.6 is 0 Å². The van der Waals surface area contributed by atoms with Crippen molar-refractivity contribution in [3.05, 3.63) is 29.3 Å². The maximum atomic E-state index is 13.0. The largest absolute Gasteiger partial charge is 0.490 e. The Labute approximate surface area is 75.3 Å². The monoisotopic (exact) mass is 184 g/mol. The van der Waals surface area contributed by atoms with Gasteiger partial charge in [0.05, 0.1) is 6.10 Å². The summed E-state index contributed by atoms with van der Waals surface area (Å²) in [5, 5.41) is 0. The van der Waals surface area contributed by atoms with Gasteiger partial charge in [-0.15, -0.1) is 0 Å². The molecule has 1 aliphatic carbocycles. The van der Waals surface area contributed by atoms with E-state index in [1.54, 1.807) is 0 Å². The first-order valence-electron chi connectivity index (χ1n) is 4.29. The third-order valence-corrected chi connectivity index (χ3v) is 2.11. The zero-order valence-corrected chi connectivity index (χ0v) is 7.31. The second-order valence-corrected chi connectivity index (χ2v) is 3.30. The van der Waals surface area contributed by atoms with Crippen LogP contribution in [0.2, 0.25) is 0 Å². The van der Waals surface area contributed by atoms with E-state index < -0.39 is 11.6 Å². The van der Waals surface area contributed by atoms with Crippen LogP contribution in [0.15, 0.2) is 12.1 Å². The molecule has 0 aromatic heterocycles. The number of ether oxygens (including phenoxy) is 1. The van der Waals surface area contributed by atoms with Crippen LogP contribution < -0.4 is 4.74 Å². The maximum Gasteiger partial charge on any atom is 0.165 e. The van der Waals surface area contributed by atoms with Crippen molar-refractivity contribution >= 4 is 0 Å². The lowest BCUT2D eigenvalue weighted by Gasteiger charge is -2.08. The molecule has 0 spiro atoms. The summed E-state index contributed by atoms with van der Waals surface area (Å²) in [5.74, 6) is -1.17. The average Bonchev–Trinajstić information content (AvgIpc) is 2.90. The third-order valence-electron chi connectivity index (χ3n) is 2.11. The fourth-order valence-corrected chi connectivity index (χ4v) is 1.13. The molecule has 0 atom stereocenters. The topological polar surface area (TPSA) is 9.23 Å². The van der Waals surface area contributed by atoms with E-state index in [2.05, 4.69) is 0 Å². The van der Waals surface area contributed by atoms with E-state index in [1.165, 1.54) is 13.0 Å². The van der Waals surface area contributed by atoms with Gasteiger partial charge in [0.25, 0.3) is 0 Å². The van der Waals surface area contributed by atoms with E-state index in [0.29, 0.717) is 5.75 Å². The maximum absolute atomic E-state index is 13.0. The van der Waals surface area contributed by atoms with Gasteiger partial charge in [0, 0.05) is 5.56 Å². The van der Waals surface area contributed by atoms with Crippen molar-refractivity contribution in [3.8, 4) is 5.75 Å². The molecule has 0 bridgehead atoms. The fourth-order valence-electron chi connectivity index (χ4n) is 1.13. The average molecular weight is 184 g/mol. The zero-order chi connectivity index (χ0) is 9.42. The molecule has 0 radical (unpaired) electrons. The van der Waals surface area contributed by atoms with Crippen LogP contribution in [-0.4, -0.2) is 6.10 Å². The van der Waals surface area contributed by atoms with Crippen molar-refractivity contribution < 1.29 is 13.5 Å². The Kier molecular flexibility index (Phi) is 1.94. The number of halogens is 2. The van der Waals surface area contributed by atoms with Crippen LogP contribution in [0, 0.1) is 18.6 Å². The highest BCUT2D eigenvalue weighted by Crippen LogP contribution is 2.30. The van der Waals surface area contributed by atoms with Gasteiger partial charge in [0.1, 0.15) is 5.75 Å². The molecule has 3 heteroatoms. The van der Waals surface area contributed by atoms with Crippen LogP contribution in [0.4, 0.5) is 8.78 Å². The minimum atomic E-state index is -0.819. The van der Waals surface area contributed by atoms with Gasteiger partial charge >= 0.3 is 0 Å². The molecule has 13 heavy (non-hydrogen) atoms. The van der Waals surface area contributed by atoms with Gasteiger partial charge in [-0.25, -0.2) is 8.78 Å². The Bertz CT molecular complexity index is 332. The van der Waals surface area contributed by atoms with E-state index in [1.807, 2.05) is 0 Å². The van der Waals surface area contributed by atoms with Gasteiger partial charge in [-0.1, -0.05) is 0 Å². The summed E-state index contributed by atoms with van der Waals surface area (Å²) in [6.07, 6.45) is 2.24. The van der Waals surface area contributed by atoms with E-state index in [-0.39, 0.29) is 11.7 Å². The fraction of sp³-hybridized carbons (Fsp3) is 0.400. The summed E-state index contributed by atoms with van der Waals surface area (Å²) < 4.78 is 31.1. The second kappa shape index (κ2) is 2.98. The molecular weight excluding hydrogens is 174 g/mol. The highest BCUT2D eigenvalue weighted by molar-refractivity contribution is 5.34. The molecule has 1 saturated carbocycles. The zero-order valence-electron chi connectivity index (χ0n) is 7.31. The summed E-state index contributed by atoms with van der Waals surface area (Å²) in [7, 11) is 0. The quantitative estimate of drug-likeness (QED) is 0.686. The molecule has 0 N–H and O–H groups in total. The molecule has 1 aliphatic rings. The minimum absolute atomic E-state index is 0.212. The molecule has 0 amide bonds. The molecule has 0 saturated heterocycles. The minimum Gasteiger partial charge on any atom is -0.490 e. The summed E-state index contributed by atoms with van der Waals surface area (Å²) >= 11 is 0. The van der Waals surface area contributed by atoms with Gasteiger partial charge in [-0.3, -0.25) is 0 Å². The molecule has 0 heterocycles. The van der Waals surface area contributed by atoms with E-state index in [9.17, 15) is 8.78 Å². The standard InChI is InChI=1S/C10H10F2O/c1-6-9(13-7-2-3-7)5-4-8(11)10(6)12/h4-5,7H,2-3H2,1H3. The number of benzene rings is 1. The van der Waals surface area contributed by atoms with Crippen molar-refractivity contribution in [2.45, 2.75) is 25.9 Å². The second-order valence-electron chi connectivity index (χ2n) is 3.30. The first kappa shape index (κ1) is 8.48. The summed E-state index contributed by atoms with van der Waals surface area (Å²) in [6.45, 7) is 1.52. The van der Waals surface area contributed by atoms with Gasteiger partial charge in [-0.2, -0.15) is 0 Å². The van der Waals surface area contributed by atoms with Crippen molar-refractivity contribution in [1.29, 1.82) is 0 Å². The first-order valence-corrected chi connectivity index (χ1v) is 4.29. The molecule has 1 fully saturated rings. The van der Waals surface area contributed by atoms with Crippen molar-refractivity contribution in [2.24, 2.45) is 0 Å². The Morgan fingerprint density at radius 3 is 2.62 bits per heavy atom. The van der Waals surface area contributed by atoms with Crippen LogP contribution in [0.3, 0.4) is 0 Å². The summed E-state index contributed by atoms with van der Waals surface area (Å²) in [4.78, 5) is 0. The van der Waals surface area contributed by atoms with Crippen molar-refractivity contribution in [2.75, 3.05) is 0 Å². The van der Waals surface area contributed by atoms with Gasteiger partial charge in [-0.05, 0) is 31.9 Å². The van der Waals surface area contributed by atoms with Gasteiger partial charge in [0.15, 0.2) is 11.6 Å². The molecule has 1 aromatic rings. The predicted octanol–water partition coefficient (Wildman–Crippen LogP) is 2.81. The smallest absolute Gasteiger partial charge is 0.165 e. The molecule has 1 nitrogen and oxygen atoms in total. The van der Waals surface area contributed by atoms with Crippen LogP contribution in [0.25, 0.3) is 0 Å². The molecule has 1 aromatic carbocycles. The lowest BCUT2D eigenvalue weighted by molar-refractivity contribution is 0.297. The number of rotatable bonds is 2. The normalized spacial score (nSPS) is 15.9. The Hall–Kier alpha value is -1.12. The van der Waals surface area contributed by atoms with Crippen LogP contribution in [0.5, 0.6) is 5.75 Å². The van der Waals surface area contributed by atoms with Gasteiger partial charge in [0.2, 0.25) is 0 Å². The Morgan fingerprint density at radius 1 is 1.31 bits per heavy atom. The van der Waals surface area contributed by atoms with E-state index in [0.717, 1.165) is 18.9 Å². The lowest BCUT2D eigenvalue weighted by Crippen LogP contribution is -2.00. The summed E-state index contributed by atoms with van der Waals surface area (Å²) in [6, 6.07) is 2.58. The van der Waals surface area contributed by atoms with Crippen LogP contribution in [0.1, 0.15) is 18.4 Å². The molecule has 2 rings (SSSR count). The van der Waals surface area contributed by atoms with Gasteiger partial charge < -0.3 is 4.74 Å². The highest BCUT2D eigenvalue weighted by atomic mass is 19.2. The highest BCUT2D eigenvalue weighted by Gasteiger charge is 2.24. The van der Waals surface area contributed by atoms with E-state index in [4.69, 9.17) is 4.74 Å². The number of hydrogen-bond donors (Lipinski definition) is 0. The van der Waals surface area contributed by atoms with E-state index >= 15 is 0 Å². The van der Waals surface area contributed by atoms with Crippen molar-refractivity contribution in [1.82, 2.24) is 0 Å². The van der Waals surface area contributed by atoms with Crippen molar-refractivity contribution in [3.63, 3.8) is 0 Å². The first-order chi connectivity index (χ1) is 6.18. The molecule has 0 aliphatic heterocycles. The summed E-state index contributed by atoms with van der Waals surface area (Å²) in [5.41, 5.74) is 0.256. The SMILES string of the molecule is Cc1c(OC2CC2)ccc(F)c1F. The molecule has 70 valence electrons. The Morgan fingerprint density at radius 2 is 2.00 bits per heavy atom. The lowest BCUT2D eigenvalue weighted by atomic mass is 10.2. The van der Waals surface area contributed by atoms with Crippen LogP contribution in [-0.2, 0) is 0 Å². The third kappa shape index (κ3) is 1.64. The Balaban J connectivity index is 2.29.